The Morgan fingerprint density at radius 1 is 0.417 bits per heavy atom. The van der Waals surface area contributed by atoms with Crippen molar-refractivity contribution >= 4 is 73.1 Å². The SMILES string of the molecule is CO.F[B-](F)(F)F.F[B-](F)(F)F.F[B-](F)(F)F.[KH].c1ccccc1. The summed E-state index contributed by atoms with van der Waals surface area (Å²) in [5.74, 6) is 0. The summed E-state index contributed by atoms with van der Waals surface area (Å²) in [6.45, 7) is 0. The third-order valence-corrected chi connectivity index (χ3v) is 0.667. The second-order valence-corrected chi connectivity index (χ2v) is 2.64. The average Bonchev–Trinajstić information content (AvgIpc) is 2.27. The summed E-state index contributed by atoms with van der Waals surface area (Å²) in [5.41, 5.74) is 0. The Labute approximate surface area is 172 Å². The second kappa shape index (κ2) is 19.5. The van der Waals surface area contributed by atoms with Crippen molar-refractivity contribution in [3.05, 3.63) is 36.4 Å². The molecule has 1 N–H and O–H groups in total. The van der Waals surface area contributed by atoms with Crippen molar-refractivity contribution in [2.75, 3.05) is 7.11 Å². The van der Waals surface area contributed by atoms with Crippen LogP contribution in [-0.4, -0.2) is 85.4 Å². The zero-order valence-electron chi connectivity index (χ0n) is 11.2. The van der Waals surface area contributed by atoms with Crippen LogP contribution >= 0.6 is 0 Å². The number of halogens is 12. The Morgan fingerprint density at radius 3 is 0.500 bits per heavy atom. The predicted molar refractivity (Wildman–Crippen MR) is 72.3 cm³/mol. The molecule has 17 heteroatoms. The van der Waals surface area contributed by atoms with E-state index in [0.717, 1.165) is 7.11 Å². The van der Waals surface area contributed by atoms with Crippen LogP contribution in [0, 0.1) is 0 Å². The smallest absolute Gasteiger partial charge is 0.0623 e. The molecule has 1 aromatic carbocycles. The summed E-state index contributed by atoms with van der Waals surface area (Å²) in [6.07, 6.45) is 0. The van der Waals surface area contributed by atoms with E-state index in [1.54, 1.807) is 0 Å². The van der Waals surface area contributed by atoms with E-state index in [9.17, 15) is 51.8 Å². The molecular weight excluding hydrogens is 400 g/mol. The molecule has 0 unspecified atom stereocenters. The molecule has 1 nitrogen and oxygen atoms in total. The maximum atomic E-state index is 9.75. The molecule has 0 aliphatic rings. The first-order chi connectivity index (χ1) is 10.0. The normalized spacial score (nSPS) is 9.75. The van der Waals surface area contributed by atoms with Gasteiger partial charge in [-0.3, -0.25) is 0 Å². The maximum Gasteiger partial charge on any atom is -0.0623 e. The third-order valence-electron chi connectivity index (χ3n) is 0.667. The van der Waals surface area contributed by atoms with Gasteiger partial charge in [0.1, 0.15) is 0 Å². The molecule has 0 aromatic heterocycles. The van der Waals surface area contributed by atoms with Crippen molar-refractivity contribution < 1.29 is 56.9 Å². The van der Waals surface area contributed by atoms with Gasteiger partial charge < -0.3 is 56.9 Å². The van der Waals surface area contributed by atoms with Crippen LogP contribution in [0.4, 0.5) is 51.8 Å². The van der Waals surface area contributed by atoms with Crippen molar-refractivity contribution in [2.24, 2.45) is 0 Å². The molecule has 0 spiro atoms. The van der Waals surface area contributed by atoms with Crippen LogP contribution < -0.4 is 0 Å². The van der Waals surface area contributed by atoms with Gasteiger partial charge in [-0.25, -0.2) is 0 Å². The summed E-state index contributed by atoms with van der Waals surface area (Å²) < 4.78 is 117. The topological polar surface area (TPSA) is 20.2 Å². The predicted octanol–water partition coefficient (Wildman–Crippen LogP) is 4.55. The molecule has 0 radical (unpaired) electrons. The van der Waals surface area contributed by atoms with Gasteiger partial charge in [-0.15, -0.1) is 0 Å². The molecule has 1 aromatic rings. The summed E-state index contributed by atoms with van der Waals surface area (Å²) in [4.78, 5) is 0. The Hall–Kier alpha value is 0.171. The summed E-state index contributed by atoms with van der Waals surface area (Å²) in [5, 5.41) is 7.00. The summed E-state index contributed by atoms with van der Waals surface area (Å²) in [7, 11) is -17.0. The fourth-order valence-corrected chi connectivity index (χ4v) is 0.385. The van der Waals surface area contributed by atoms with E-state index < -0.39 is 21.8 Å². The molecule has 0 fully saturated rings. The standard InChI is InChI=1S/C6H6.CH4O.3BF4.K.H/c1-2-4-6-5-3-1;1-2;3*2-1(3,4)5;;/h1-6H;2H,1H3;;;;;/q;;3*-1;;. The van der Waals surface area contributed by atoms with Crippen LogP contribution in [0.3, 0.4) is 0 Å². The molecule has 0 aliphatic carbocycles. The first-order valence-corrected chi connectivity index (χ1v) is 5.07. The molecular formula is C7H11B3F12KO-3. The maximum absolute atomic E-state index is 9.75. The second-order valence-electron chi connectivity index (χ2n) is 2.64. The Balaban J connectivity index is -0.0000000640. The van der Waals surface area contributed by atoms with E-state index in [-0.39, 0.29) is 51.4 Å². The van der Waals surface area contributed by atoms with Crippen molar-refractivity contribution in [3.8, 4) is 0 Å². The van der Waals surface area contributed by atoms with Crippen LogP contribution in [0.25, 0.3) is 0 Å². The van der Waals surface area contributed by atoms with E-state index in [2.05, 4.69) is 0 Å². The van der Waals surface area contributed by atoms with Gasteiger partial charge in [0.05, 0.1) is 0 Å². The van der Waals surface area contributed by atoms with Gasteiger partial charge >= 0.3 is 73.1 Å². The summed E-state index contributed by atoms with van der Waals surface area (Å²) in [6, 6.07) is 12.0. The molecule has 0 saturated carbocycles. The first kappa shape index (κ1) is 35.3. The molecule has 0 amide bonds. The van der Waals surface area contributed by atoms with Crippen molar-refractivity contribution in [1.29, 1.82) is 0 Å². The van der Waals surface area contributed by atoms with E-state index in [4.69, 9.17) is 5.11 Å². The Bertz CT molecular complexity index is 257. The monoisotopic (exact) mass is 411 g/mol. The van der Waals surface area contributed by atoms with E-state index in [1.165, 1.54) is 0 Å². The van der Waals surface area contributed by atoms with Crippen LogP contribution in [0.15, 0.2) is 36.4 Å². The zero-order valence-corrected chi connectivity index (χ0v) is 11.2. The van der Waals surface area contributed by atoms with Gasteiger partial charge in [0.25, 0.3) is 0 Å². The minimum atomic E-state index is -6.00. The molecule has 0 heterocycles. The molecule has 24 heavy (non-hydrogen) atoms. The summed E-state index contributed by atoms with van der Waals surface area (Å²) >= 11 is 0. The van der Waals surface area contributed by atoms with Crippen LogP contribution in [0.5, 0.6) is 0 Å². The van der Waals surface area contributed by atoms with Gasteiger partial charge in [0.15, 0.2) is 0 Å². The van der Waals surface area contributed by atoms with Gasteiger partial charge in [-0.1, -0.05) is 36.4 Å². The Morgan fingerprint density at radius 2 is 0.458 bits per heavy atom. The molecule has 0 bridgehead atoms. The number of aliphatic hydroxyl groups excluding tert-OH is 1. The van der Waals surface area contributed by atoms with E-state index >= 15 is 0 Å². The molecule has 0 saturated heterocycles. The fourth-order valence-electron chi connectivity index (χ4n) is 0.385. The van der Waals surface area contributed by atoms with E-state index in [1.807, 2.05) is 36.4 Å². The minimum absolute atomic E-state index is 0. The zero-order chi connectivity index (χ0) is 19.7. The largest absolute Gasteiger partial charge is 0.0623 e. The number of aliphatic hydroxyl groups is 1. The van der Waals surface area contributed by atoms with Gasteiger partial charge in [0, 0.05) is 7.11 Å². The number of hydrogen-bond donors (Lipinski definition) is 1. The molecule has 0 aliphatic heterocycles. The van der Waals surface area contributed by atoms with Crippen LogP contribution in [0.2, 0.25) is 0 Å². The number of hydrogen-bond acceptors (Lipinski definition) is 1. The first-order valence-electron chi connectivity index (χ1n) is 5.07. The van der Waals surface area contributed by atoms with Crippen LogP contribution in [0.1, 0.15) is 0 Å². The third kappa shape index (κ3) is 261. The van der Waals surface area contributed by atoms with Gasteiger partial charge in [0.2, 0.25) is 0 Å². The molecule has 1 rings (SSSR count). The minimum Gasteiger partial charge on any atom is -0.0623 e. The van der Waals surface area contributed by atoms with Crippen molar-refractivity contribution in [3.63, 3.8) is 0 Å². The van der Waals surface area contributed by atoms with E-state index in [0.29, 0.717) is 0 Å². The average molecular weight is 411 g/mol. The van der Waals surface area contributed by atoms with Crippen molar-refractivity contribution in [2.45, 2.75) is 0 Å². The number of benzene rings is 1. The van der Waals surface area contributed by atoms with Crippen LogP contribution in [-0.2, 0) is 0 Å². The fraction of sp³-hybridized carbons (Fsp3) is 0.143. The van der Waals surface area contributed by atoms with Gasteiger partial charge in [-0.2, -0.15) is 0 Å². The number of rotatable bonds is 0. The van der Waals surface area contributed by atoms with Crippen molar-refractivity contribution in [1.82, 2.24) is 0 Å². The van der Waals surface area contributed by atoms with Gasteiger partial charge in [-0.05, 0) is 0 Å². The Kier molecular flexibility index (Phi) is 28.7. The quantitative estimate of drug-likeness (QED) is 0.491. The molecule has 142 valence electrons. The molecule has 0 atom stereocenters.